The first-order valence-corrected chi connectivity index (χ1v) is 8.22. The third kappa shape index (κ3) is 3.34. The highest BCUT2D eigenvalue weighted by Crippen LogP contribution is 2.24. The van der Waals surface area contributed by atoms with Crippen molar-refractivity contribution in [3.8, 4) is 10.6 Å². The van der Waals surface area contributed by atoms with E-state index >= 15 is 0 Å². The molecule has 1 fully saturated rings. The molecule has 0 bridgehead atoms. The van der Waals surface area contributed by atoms with Gasteiger partial charge in [0.05, 0.1) is 12.1 Å². The van der Waals surface area contributed by atoms with E-state index in [1.54, 1.807) is 6.07 Å². The molecule has 0 spiro atoms. The average Bonchev–Trinajstić information content (AvgIpc) is 2.96. The van der Waals surface area contributed by atoms with E-state index < -0.39 is 0 Å². The zero-order valence-corrected chi connectivity index (χ0v) is 13.2. The minimum absolute atomic E-state index is 0.102. The van der Waals surface area contributed by atoms with Crippen LogP contribution in [0, 0.1) is 5.82 Å². The van der Waals surface area contributed by atoms with E-state index in [2.05, 4.69) is 10.3 Å². The van der Waals surface area contributed by atoms with E-state index in [9.17, 15) is 9.18 Å². The minimum atomic E-state index is -0.278. The van der Waals surface area contributed by atoms with E-state index in [1.165, 1.54) is 23.5 Å². The van der Waals surface area contributed by atoms with Crippen LogP contribution in [0.15, 0.2) is 29.6 Å². The van der Waals surface area contributed by atoms with Gasteiger partial charge < -0.3 is 10.2 Å². The van der Waals surface area contributed by atoms with E-state index in [0.29, 0.717) is 6.42 Å². The number of carbonyl (C=O) groups is 1. The van der Waals surface area contributed by atoms with Crippen LogP contribution >= 0.6 is 11.3 Å². The number of amides is 1. The lowest BCUT2D eigenvalue weighted by molar-refractivity contribution is -0.133. The number of aromatic nitrogens is 1. The zero-order valence-electron chi connectivity index (χ0n) is 12.4. The summed E-state index contributed by atoms with van der Waals surface area (Å²) in [4.78, 5) is 18.8. The van der Waals surface area contributed by atoms with Crippen molar-refractivity contribution in [1.29, 1.82) is 0 Å². The van der Waals surface area contributed by atoms with Crippen LogP contribution in [0.4, 0.5) is 4.39 Å². The Balaban J connectivity index is 1.70. The molecule has 1 aromatic carbocycles. The van der Waals surface area contributed by atoms with Gasteiger partial charge in [-0.05, 0) is 19.1 Å². The predicted octanol–water partition coefficient (Wildman–Crippen LogP) is 2.31. The Morgan fingerprint density at radius 1 is 1.55 bits per heavy atom. The van der Waals surface area contributed by atoms with Crippen LogP contribution in [-0.4, -0.2) is 41.5 Å². The summed E-state index contributed by atoms with van der Waals surface area (Å²) in [5.41, 5.74) is 1.50. The number of nitrogens with zero attached hydrogens (tertiary/aromatic N) is 2. The van der Waals surface area contributed by atoms with Crippen LogP contribution in [0.2, 0.25) is 0 Å². The number of hydrogen-bond donors (Lipinski definition) is 1. The summed E-state index contributed by atoms with van der Waals surface area (Å²) >= 11 is 1.44. The van der Waals surface area contributed by atoms with Gasteiger partial charge in [-0.15, -0.1) is 11.3 Å². The Hall–Kier alpha value is -1.79. The molecular formula is C16H18FN3OS. The second kappa shape index (κ2) is 6.54. The standard InChI is InChI=1S/C16H18FN3OS/c1-11-9-18-5-6-20(11)15(21)8-14-10-22-16(19-14)12-3-2-4-13(17)7-12/h2-4,7,10-11,18H,5-6,8-9H2,1H3. The van der Waals surface area contributed by atoms with Crippen molar-refractivity contribution in [2.75, 3.05) is 19.6 Å². The van der Waals surface area contributed by atoms with Crippen molar-refractivity contribution in [2.24, 2.45) is 0 Å². The molecule has 22 heavy (non-hydrogen) atoms. The lowest BCUT2D eigenvalue weighted by atomic mass is 10.2. The Morgan fingerprint density at radius 3 is 3.18 bits per heavy atom. The van der Waals surface area contributed by atoms with Crippen LogP contribution in [-0.2, 0) is 11.2 Å². The van der Waals surface area contributed by atoms with Gasteiger partial charge in [0, 0.05) is 36.6 Å². The molecule has 2 heterocycles. The van der Waals surface area contributed by atoms with Crippen LogP contribution < -0.4 is 5.32 Å². The highest BCUT2D eigenvalue weighted by molar-refractivity contribution is 7.13. The number of halogens is 1. The summed E-state index contributed by atoms with van der Waals surface area (Å²) in [6.07, 6.45) is 0.302. The second-order valence-corrected chi connectivity index (χ2v) is 6.33. The number of carbonyl (C=O) groups excluding carboxylic acids is 1. The smallest absolute Gasteiger partial charge is 0.228 e. The molecule has 1 saturated heterocycles. The van der Waals surface area contributed by atoms with Crippen molar-refractivity contribution in [3.63, 3.8) is 0 Å². The first-order chi connectivity index (χ1) is 10.6. The fourth-order valence-electron chi connectivity index (χ4n) is 2.61. The van der Waals surface area contributed by atoms with Gasteiger partial charge >= 0.3 is 0 Å². The SMILES string of the molecule is CC1CNCCN1C(=O)Cc1csc(-c2cccc(F)c2)n1. The number of hydrogen-bond acceptors (Lipinski definition) is 4. The van der Waals surface area contributed by atoms with Crippen LogP contribution in [0.5, 0.6) is 0 Å². The molecule has 1 N–H and O–H groups in total. The molecule has 116 valence electrons. The molecule has 0 aliphatic carbocycles. The first kappa shape index (κ1) is 15.1. The maximum absolute atomic E-state index is 13.3. The Labute approximate surface area is 133 Å². The maximum atomic E-state index is 13.3. The van der Waals surface area contributed by atoms with Crippen LogP contribution in [0.3, 0.4) is 0 Å². The van der Waals surface area contributed by atoms with Gasteiger partial charge in [-0.1, -0.05) is 12.1 Å². The molecule has 0 saturated carbocycles. The minimum Gasteiger partial charge on any atom is -0.337 e. The molecule has 6 heteroatoms. The quantitative estimate of drug-likeness (QED) is 0.944. The van der Waals surface area contributed by atoms with E-state index in [1.807, 2.05) is 23.3 Å². The van der Waals surface area contributed by atoms with Crippen molar-refractivity contribution < 1.29 is 9.18 Å². The van der Waals surface area contributed by atoms with Gasteiger partial charge in [0.15, 0.2) is 0 Å². The topological polar surface area (TPSA) is 45.2 Å². The van der Waals surface area contributed by atoms with Crippen molar-refractivity contribution in [1.82, 2.24) is 15.2 Å². The Kier molecular flexibility index (Phi) is 4.49. The first-order valence-electron chi connectivity index (χ1n) is 7.34. The lowest BCUT2D eigenvalue weighted by Gasteiger charge is -2.33. The van der Waals surface area contributed by atoms with Crippen LogP contribution in [0.1, 0.15) is 12.6 Å². The molecule has 1 atom stereocenters. The largest absolute Gasteiger partial charge is 0.337 e. The van der Waals surface area contributed by atoms with Crippen molar-refractivity contribution in [3.05, 3.63) is 41.2 Å². The summed E-state index contributed by atoms with van der Waals surface area (Å²) in [5.74, 6) is -0.176. The Bertz CT molecular complexity index is 673. The van der Waals surface area contributed by atoms with E-state index in [-0.39, 0.29) is 17.8 Å². The molecule has 3 rings (SSSR count). The third-order valence-electron chi connectivity index (χ3n) is 3.78. The summed E-state index contributed by atoms with van der Waals surface area (Å²) in [6, 6.07) is 6.57. The number of benzene rings is 1. The number of nitrogens with one attached hydrogen (secondary N) is 1. The monoisotopic (exact) mass is 319 g/mol. The van der Waals surface area contributed by atoms with Crippen LogP contribution in [0.25, 0.3) is 10.6 Å². The molecule has 1 aliphatic rings. The molecule has 1 amide bonds. The van der Waals surface area contributed by atoms with Crippen molar-refractivity contribution in [2.45, 2.75) is 19.4 Å². The van der Waals surface area contributed by atoms with Gasteiger partial charge in [0.1, 0.15) is 10.8 Å². The summed E-state index contributed by atoms with van der Waals surface area (Å²) in [6.45, 7) is 4.45. The third-order valence-corrected chi connectivity index (χ3v) is 4.72. The molecule has 0 radical (unpaired) electrons. The number of piperazine rings is 1. The van der Waals surface area contributed by atoms with Gasteiger partial charge in [-0.25, -0.2) is 9.37 Å². The van der Waals surface area contributed by atoms with E-state index in [4.69, 9.17) is 0 Å². The molecule has 4 nitrogen and oxygen atoms in total. The molecule has 2 aromatic rings. The predicted molar refractivity (Wildman–Crippen MR) is 85.3 cm³/mol. The maximum Gasteiger partial charge on any atom is 0.228 e. The summed E-state index contributed by atoms with van der Waals surface area (Å²) < 4.78 is 13.3. The molecule has 1 aliphatic heterocycles. The number of rotatable bonds is 3. The average molecular weight is 319 g/mol. The highest BCUT2D eigenvalue weighted by atomic mass is 32.1. The fourth-order valence-corrected chi connectivity index (χ4v) is 3.43. The summed E-state index contributed by atoms with van der Waals surface area (Å²) in [5, 5.41) is 5.90. The molecule has 1 unspecified atom stereocenters. The fraction of sp³-hybridized carbons (Fsp3) is 0.375. The normalized spacial score (nSPS) is 18.5. The number of thiazole rings is 1. The lowest BCUT2D eigenvalue weighted by Crippen LogP contribution is -2.52. The van der Waals surface area contributed by atoms with Gasteiger partial charge in [0.2, 0.25) is 5.91 Å². The van der Waals surface area contributed by atoms with Gasteiger partial charge in [0.25, 0.3) is 0 Å². The van der Waals surface area contributed by atoms with Gasteiger partial charge in [-0.3, -0.25) is 4.79 Å². The molecular weight excluding hydrogens is 301 g/mol. The van der Waals surface area contributed by atoms with Crippen molar-refractivity contribution >= 4 is 17.2 Å². The summed E-state index contributed by atoms with van der Waals surface area (Å²) in [7, 11) is 0. The molecule has 1 aromatic heterocycles. The second-order valence-electron chi connectivity index (χ2n) is 5.47. The Morgan fingerprint density at radius 2 is 2.41 bits per heavy atom. The zero-order chi connectivity index (χ0) is 15.5. The van der Waals surface area contributed by atoms with Gasteiger partial charge in [-0.2, -0.15) is 0 Å². The highest BCUT2D eigenvalue weighted by Gasteiger charge is 2.23. The van der Waals surface area contributed by atoms with E-state index in [0.717, 1.165) is 35.9 Å².